The molecule has 0 amide bonds. The van der Waals surface area contributed by atoms with Crippen molar-refractivity contribution in [2.45, 2.75) is 13.0 Å². The average molecular weight is 323 g/mol. The first-order valence-corrected chi connectivity index (χ1v) is 5.56. The molecule has 1 aromatic rings. The van der Waals surface area contributed by atoms with Crippen LogP contribution in [-0.2, 0) is 16.0 Å². The molecule has 0 atom stereocenters. The first-order valence-electron chi connectivity index (χ1n) is 4.77. The number of aldehydes is 1. The smallest absolute Gasteiger partial charge is 0.387 e. The molecule has 0 N–H and O–H groups in total. The summed E-state index contributed by atoms with van der Waals surface area (Å²) in [7, 11) is 1.18. The van der Waals surface area contributed by atoms with Crippen molar-refractivity contribution in [1.29, 1.82) is 0 Å². The molecule has 0 heterocycles. The number of halogens is 3. The van der Waals surface area contributed by atoms with Gasteiger partial charge in [0.1, 0.15) is 5.75 Å². The van der Waals surface area contributed by atoms with Crippen molar-refractivity contribution in [2.75, 3.05) is 7.11 Å². The van der Waals surface area contributed by atoms with Crippen molar-refractivity contribution in [1.82, 2.24) is 0 Å². The van der Waals surface area contributed by atoms with Crippen LogP contribution in [0, 0.1) is 0 Å². The van der Waals surface area contributed by atoms with Crippen LogP contribution in [-0.4, -0.2) is 26.0 Å². The van der Waals surface area contributed by atoms with Crippen LogP contribution in [0.4, 0.5) is 8.78 Å². The first-order chi connectivity index (χ1) is 8.47. The molecule has 0 fully saturated rings. The van der Waals surface area contributed by atoms with E-state index in [0.717, 1.165) is 0 Å². The lowest BCUT2D eigenvalue weighted by Gasteiger charge is -2.11. The maximum absolute atomic E-state index is 12.2. The predicted octanol–water partition coefficient (Wildman–Crippen LogP) is 2.58. The van der Waals surface area contributed by atoms with Gasteiger partial charge in [-0.2, -0.15) is 8.78 Å². The molecule has 0 radical (unpaired) electrons. The molecule has 1 aromatic carbocycles. The molecule has 1 rings (SSSR count). The molecule has 0 unspecified atom stereocenters. The highest BCUT2D eigenvalue weighted by Crippen LogP contribution is 2.28. The molecule has 0 aliphatic heterocycles. The van der Waals surface area contributed by atoms with Crippen LogP contribution in [0.1, 0.15) is 15.9 Å². The van der Waals surface area contributed by atoms with Gasteiger partial charge in [-0.15, -0.1) is 0 Å². The molecule has 0 spiro atoms. The zero-order valence-electron chi connectivity index (χ0n) is 9.28. The minimum Gasteiger partial charge on any atom is -0.469 e. The molecule has 4 nitrogen and oxygen atoms in total. The number of ether oxygens (including phenoxy) is 2. The normalized spacial score (nSPS) is 10.3. The SMILES string of the molecule is COC(=O)Cc1cc(C=O)c(Br)cc1OC(F)F. The predicted molar refractivity (Wildman–Crippen MR) is 61.9 cm³/mol. The number of carbonyl (C=O) groups excluding carboxylic acids is 2. The summed E-state index contributed by atoms with van der Waals surface area (Å²) in [6.07, 6.45) is 0.281. The van der Waals surface area contributed by atoms with Crippen molar-refractivity contribution in [3.05, 3.63) is 27.7 Å². The number of methoxy groups -OCH3 is 1. The molecule has 0 saturated heterocycles. The summed E-state index contributed by atoms with van der Waals surface area (Å²) in [6.45, 7) is -3.02. The Kier molecular flexibility index (Phi) is 5.21. The van der Waals surface area contributed by atoms with Crippen LogP contribution in [0.25, 0.3) is 0 Å². The largest absolute Gasteiger partial charge is 0.469 e. The van der Waals surface area contributed by atoms with Crippen LogP contribution >= 0.6 is 15.9 Å². The Bertz CT molecular complexity index is 463. The summed E-state index contributed by atoms with van der Waals surface area (Å²) in [6, 6.07) is 2.51. The van der Waals surface area contributed by atoms with Gasteiger partial charge < -0.3 is 9.47 Å². The molecule has 7 heteroatoms. The van der Waals surface area contributed by atoms with Crippen molar-refractivity contribution in [3.63, 3.8) is 0 Å². The number of alkyl halides is 2. The Morgan fingerprint density at radius 2 is 2.17 bits per heavy atom. The maximum Gasteiger partial charge on any atom is 0.387 e. The molecule has 18 heavy (non-hydrogen) atoms. The Balaban J connectivity index is 3.16. The van der Waals surface area contributed by atoms with E-state index in [9.17, 15) is 18.4 Å². The van der Waals surface area contributed by atoms with Crippen LogP contribution in [0.2, 0.25) is 0 Å². The third-order valence-corrected chi connectivity index (χ3v) is 2.77. The number of carbonyl (C=O) groups is 2. The second-order valence-corrected chi connectivity index (χ2v) is 4.09. The maximum atomic E-state index is 12.2. The van der Waals surface area contributed by atoms with Gasteiger partial charge in [0.15, 0.2) is 6.29 Å². The average Bonchev–Trinajstić information content (AvgIpc) is 2.31. The van der Waals surface area contributed by atoms with Crippen molar-refractivity contribution in [2.24, 2.45) is 0 Å². The van der Waals surface area contributed by atoms with Gasteiger partial charge >= 0.3 is 12.6 Å². The number of hydrogen-bond acceptors (Lipinski definition) is 4. The molecular weight excluding hydrogens is 314 g/mol. The number of hydrogen-bond donors (Lipinski definition) is 0. The van der Waals surface area contributed by atoms with Crippen molar-refractivity contribution in [3.8, 4) is 5.75 Å². The molecule has 0 bridgehead atoms. The summed E-state index contributed by atoms with van der Waals surface area (Å²) in [5.74, 6) is -0.791. The fraction of sp³-hybridized carbons (Fsp3) is 0.273. The van der Waals surface area contributed by atoms with E-state index in [1.165, 1.54) is 19.2 Å². The quantitative estimate of drug-likeness (QED) is 0.617. The Morgan fingerprint density at radius 1 is 1.50 bits per heavy atom. The molecule has 0 saturated carbocycles. The van der Waals surface area contributed by atoms with E-state index in [2.05, 4.69) is 25.4 Å². The van der Waals surface area contributed by atoms with Gasteiger partial charge in [0.2, 0.25) is 0 Å². The summed E-state index contributed by atoms with van der Waals surface area (Å²) >= 11 is 3.04. The fourth-order valence-corrected chi connectivity index (χ4v) is 1.70. The van der Waals surface area contributed by atoms with Gasteiger partial charge in [0, 0.05) is 15.6 Å². The van der Waals surface area contributed by atoms with E-state index in [4.69, 9.17) is 0 Å². The van der Waals surface area contributed by atoms with Crippen molar-refractivity contribution < 1.29 is 27.8 Å². The van der Waals surface area contributed by atoms with Crippen LogP contribution < -0.4 is 4.74 Å². The van der Waals surface area contributed by atoms with Gasteiger partial charge in [-0.25, -0.2) is 0 Å². The lowest BCUT2D eigenvalue weighted by Crippen LogP contribution is -2.10. The van der Waals surface area contributed by atoms with Gasteiger partial charge in [-0.05, 0) is 28.1 Å². The van der Waals surface area contributed by atoms with Gasteiger partial charge in [-0.3, -0.25) is 9.59 Å². The number of benzene rings is 1. The van der Waals surface area contributed by atoms with E-state index >= 15 is 0 Å². The highest BCUT2D eigenvalue weighted by Gasteiger charge is 2.16. The van der Waals surface area contributed by atoms with E-state index in [1.807, 2.05) is 0 Å². The van der Waals surface area contributed by atoms with Crippen molar-refractivity contribution >= 4 is 28.2 Å². The lowest BCUT2D eigenvalue weighted by atomic mass is 10.1. The molecule has 0 aliphatic rings. The molecule has 0 aromatic heterocycles. The zero-order chi connectivity index (χ0) is 13.7. The topological polar surface area (TPSA) is 52.6 Å². The molecule has 0 aliphatic carbocycles. The van der Waals surface area contributed by atoms with E-state index in [-0.39, 0.29) is 23.3 Å². The minimum atomic E-state index is -3.02. The molecule has 98 valence electrons. The Labute approximate surface area is 110 Å². The minimum absolute atomic E-state index is 0.160. The van der Waals surface area contributed by atoms with Crippen LogP contribution in [0.5, 0.6) is 5.75 Å². The van der Waals surface area contributed by atoms with Crippen LogP contribution in [0.15, 0.2) is 16.6 Å². The number of esters is 1. The highest BCUT2D eigenvalue weighted by atomic mass is 79.9. The molecular formula is C11H9BrF2O4. The Hall–Kier alpha value is -1.50. The van der Waals surface area contributed by atoms with Gasteiger partial charge in [0.05, 0.1) is 13.5 Å². The summed E-state index contributed by atoms with van der Waals surface area (Å²) < 4.78 is 33.4. The number of rotatable bonds is 5. The van der Waals surface area contributed by atoms with Gasteiger partial charge in [0.25, 0.3) is 0 Å². The van der Waals surface area contributed by atoms with E-state index in [0.29, 0.717) is 10.8 Å². The highest BCUT2D eigenvalue weighted by molar-refractivity contribution is 9.10. The fourth-order valence-electron chi connectivity index (χ4n) is 1.28. The Morgan fingerprint density at radius 3 is 2.67 bits per heavy atom. The second kappa shape index (κ2) is 6.44. The first kappa shape index (κ1) is 14.6. The van der Waals surface area contributed by atoms with E-state index in [1.54, 1.807) is 0 Å². The zero-order valence-corrected chi connectivity index (χ0v) is 10.9. The standard InChI is InChI=1S/C11H9BrF2O4/c1-17-10(16)3-6-2-7(5-15)8(12)4-9(6)18-11(13)14/h2,4-5,11H,3H2,1H3. The third kappa shape index (κ3) is 3.76. The lowest BCUT2D eigenvalue weighted by molar-refractivity contribution is -0.139. The summed E-state index contributed by atoms with van der Waals surface area (Å²) in [4.78, 5) is 21.9. The second-order valence-electron chi connectivity index (χ2n) is 3.23. The monoisotopic (exact) mass is 322 g/mol. The van der Waals surface area contributed by atoms with Gasteiger partial charge in [-0.1, -0.05) is 0 Å². The summed E-state index contributed by atoms with van der Waals surface area (Å²) in [5, 5.41) is 0. The summed E-state index contributed by atoms with van der Waals surface area (Å²) in [5.41, 5.74) is 0.392. The van der Waals surface area contributed by atoms with Crippen LogP contribution in [0.3, 0.4) is 0 Å². The van der Waals surface area contributed by atoms with E-state index < -0.39 is 12.6 Å². The third-order valence-electron chi connectivity index (χ3n) is 2.09.